The van der Waals surface area contributed by atoms with Gasteiger partial charge in [0.1, 0.15) is 6.54 Å². The topological polar surface area (TPSA) is 49.4 Å². The molecule has 0 spiro atoms. The Hall–Kier alpha value is -2.33. The van der Waals surface area contributed by atoms with E-state index in [4.69, 9.17) is 11.6 Å². The molecule has 0 fully saturated rings. The number of halogens is 1. The number of nitrogens with one attached hydrogen (secondary N) is 1. The molecule has 0 heterocycles. The zero-order valence-electron chi connectivity index (χ0n) is 12.3. The molecule has 2 amide bonds. The van der Waals surface area contributed by atoms with Crippen LogP contribution in [-0.2, 0) is 16.1 Å². The van der Waals surface area contributed by atoms with Gasteiger partial charge >= 0.3 is 0 Å². The van der Waals surface area contributed by atoms with E-state index < -0.39 is 0 Å². The van der Waals surface area contributed by atoms with Crippen molar-refractivity contribution in [3.05, 3.63) is 65.2 Å². The molecule has 0 atom stereocenters. The quantitative estimate of drug-likeness (QED) is 0.920. The van der Waals surface area contributed by atoms with Gasteiger partial charge in [0, 0.05) is 24.2 Å². The number of benzene rings is 2. The second kappa shape index (κ2) is 7.61. The van der Waals surface area contributed by atoms with Gasteiger partial charge < -0.3 is 10.2 Å². The van der Waals surface area contributed by atoms with Crippen LogP contribution in [0.5, 0.6) is 0 Å². The Balaban J connectivity index is 1.97. The van der Waals surface area contributed by atoms with E-state index in [1.165, 1.54) is 11.8 Å². The molecule has 0 radical (unpaired) electrons. The number of carbonyl (C=O) groups excluding carboxylic acids is 2. The van der Waals surface area contributed by atoms with Crippen molar-refractivity contribution in [3.8, 4) is 0 Å². The average molecular weight is 317 g/mol. The Morgan fingerprint density at radius 1 is 1.05 bits per heavy atom. The number of amides is 2. The predicted molar refractivity (Wildman–Crippen MR) is 87.6 cm³/mol. The Bertz CT molecular complexity index is 641. The van der Waals surface area contributed by atoms with Gasteiger partial charge in [0.05, 0.1) is 0 Å². The Morgan fingerprint density at radius 2 is 1.68 bits per heavy atom. The summed E-state index contributed by atoms with van der Waals surface area (Å²) in [4.78, 5) is 25.3. The van der Waals surface area contributed by atoms with Crippen LogP contribution in [0.1, 0.15) is 12.5 Å². The summed E-state index contributed by atoms with van der Waals surface area (Å²) in [6.07, 6.45) is 0. The maximum absolute atomic E-state index is 12.1. The van der Waals surface area contributed by atoms with E-state index in [1.54, 1.807) is 24.3 Å². The van der Waals surface area contributed by atoms with E-state index in [-0.39, 0.29) is 18.4 Å². The minimum Gasteiger partial charge on any atom is -0.329 e. The summed E-state index contributed by atoms with van der Waals surface area (Å²) in [5.74, 6) is -0.386. The van der Waals surface area contributed by atoms with Crippen LogP contribution in [0.3, 0.4) is 0 Å². The third-order valence-electron chi connectivity index (χ3n) is 3.12. The van der Waals surface area contributed by atoms with E-state index in [0.29, 0.717) is 17.3 Å². The highest BCUT2D eigenvalue weighted by Gasteiger charge is 2.14. The SMILES string of the molecule is CC(=O)N(CC(=O)Nc1ccc(Cl)cc1)Cc1ccccc1. The van der Waals surface area contributed by atoms with Crippen molar-refractivity contribution in [1.82, 2.24) is 4.90 Å². The maximum Gasteiger partial charge on any atom is 0.244 e. The van der Waals surface area contributed by atoms with E-state index in [9.17, 15) is 9.59 Å². The lowest BCUT2D eigenvalue weighted by Crippen LogP contribution is -2.36. The van der Waals surface area contributed by atoms with Gasteiger partial charge in [-0.15, -0.1) is 0 Å². The molecule has 5 heteroatoms. The van der Waals surface area contributed by atoms with Gasteiger partial charge in [0.15, 0.2) is 0 Å². The Labute approximate surface area is 134 Å². The minimum atomic E-state index is -0.242. The van der Waals surface area contributed by atoms with E-state index >= 15 is 0 Å². The number of rotatable bonds is 5. The summed E-state index contributed by atoms with van der Waals surface area (Å²) >= 11 is 5.80. The van der Waals surface area contributed by atoms with Crippen molar-refractivity contribution < 1.29 is 9.59 Å². The van der Waals surface area contributed by atoms with Crippen molar-refractivity contribution in [2.45, 2.75) is 13.5 Å². The largest absolute Gasteiger partial charge is 0.329 e. The molecule has 22 heavy (non-hydrogen) atoms. The molecule has 0 saturated heterocycles. The van der Waals surface area contributed by atoms with Crippen molar-refractivity contribution in [1.29, 1.82) is 0 Å². The number of carbonyl (C=O) groups is 2. The fourth-order valence-corrected chi connectivity index (χ4v) is 2.12. The van der Waals surface area contributed by atoms with Gasteiger partial charge in [0.2, 0.25) is 11.8 Å². The Morgan fingerprint density at radius 3 is 2.27 bits per heavy atom. The molecule has 114 valence electrons. The number of anilines is 1. The molecule has 2 aromatic rings. The minimum absolute atomic E-state index is 0.00680. The molecule has 0 aromatic heterocycles. The van der Waals surface area contributed by atoms with E-state index in [2.05, 4.69) is 5.32 Å². The van der Waals surface area contributed by atoms with Gasteiger partial charge in [-0.1, -0.05) is 41.9 Å². The summed E-state index contributed by atoms with van der Waals surface area (Å²) in [7, 11) is 0. The van der Waals surface area contributed by atoms with Crippen molar-refractivity contribution in [2.75, 3.05) is 11.9 Å². The third-order valence-corrected chi connectivity index (χ3v) is 3.38. The van der Waals surface area contributed by atoms with Crippen LogP contribution in [0.4, 0.5) is 5.69 Å². The molecule has 1 N–H and O–H groups in total. The lowest BCUT2D eigenvalue weighted by molar-refractivity contribution is -0.133. The zero-order valence-corrected chi connectivity index (χ0v) is 13.0. The van der Waals surface area contributed by atoms with E-state index in [0.717, 1.165) is 5.56 Å². The molecule has 4 nitrogen and oxygen atoms in total. The fourth-order valence-electron chi connectivity index (χ4n) is 1.99. The van der Waals surface area contributed by atoms with Gasteiger partial charge in [-0.25, -0.2) is 0 Å². The number of hydrogen-bond acceptors (Lipinski definition) is 2. The molecule has 0 aliphatic carbocycles. The van der Waals surface area contributed by atoms with Crippen molar-refractivity contribution in [3.63, 3.8) is 0 Å². The molecule has 0 bridgehead atoms. The van der Waals surface area contributed by atoms with Gasteiger partial charge in [0.25, 0.3) is 0 Å². The lowest BCUT2D eigenvalue weighted by atomic mass is 10.2. The second-order valence-electron chi connectivity index (χ2n) is 4.92. The van der Waals surface area contributed by atoms with E-state index in [1.807, 2.05) is 30.3 Å². The van der Waals surface area contributed by atoms with Crippen LogP contribution in [0, 0.1) is 0 Å². The first-order chi connectivity index (χ1) is 10.5. The monoisotopic (exact) mass is 316 g/mol. The van der Waals surface area contributed by atoms with Gasteiger partial charge in [-0.2, -0.15) is 0 Å². The van der Waals surface area contributed by atoms with Crippen LogP contribution in [-0.4, -0.2) is 23.3 Å². The molecule has 2 rings (SSSR count). The summed E-state index contributed by atoms with van der Waals surface area (Å²) in [5, 5.41) is 3.35. The van der Waals surface area contributed by atoms with Crippen LogP contribution >= 0.6 is 11.6 Å². The molecular weight excluding hydrogens is 300 g/mol. The number of nitrogens with zero attached hydrogens (tertiary/aromatic N) is 1. The fraction of sp³-hybridized carbons (Fsp3) is 0.176. The molecule has 0 unspecified atom stereocenters. The van der Waals surface area contributed by atoms with Crippen LogP contribution in [0.2, 0.25) is 5.02 Å². The number of hydrogen-bond donors (Lipinski definition) is 1. The van der Waals surface area contributed by atoms with Gasteiger partial charge in [-0.3, -0.25) is 9.59 Å². The molecule has 0 saturated carbocycles. The predicted octanol–water partition coefficient (Wildman–Crippen LogP) is 3.33. The van der Waals surface area contributed by atoms with Crippen molar-refractivity contribution in [2.24, 2.45) is 0 Å². The zero-order chi connectivity index (χ0) is 15.9. The molecular formula is C17H17ClN2O2. The summed E-state index contributed by atoms with van der Waals surface area (Å²) in [6, 6.07) is 16.4. The van der Waals surface area contributed by atoms with Crippen LogP contribution in [0.15, 0.2) is 54.6 Å². The standard InChI is InChI=1S/C17H17ClN2O2/c1-13(21)20(11-14-5-3-2-4-6-14)12-17(22)19-16-9-7-15(18)8-10-16/h2-10H,11-12H2,1H3,(H,19,22). The first-order valence-electron chi connectivity index (χ1n) is 6.89. The van der Waals surface area contributed by atoms with Gasteiger partial charge in [-0.05, 0) is 29.8 Å². The maximum atomic E-state index is 12.1. The highest BCUT2D eigenvalue weighted by molar-refractivity contribution is 6.30. The van der Waals surface area contributed by atoms with Crippen LogP contribution in [0.25, 0.3) is 0 Å². The highest BCUT2D eigenvalue weighted by Crippen LogP contribution is 2.13. The average Bonchev–Trinajstić information content (AvgIpc) is 2.50. The third kappa shape index (κ3) is 4.90. The van der Waals surface area contributed by atoms with Crippen LogP contribution < -0.4 is 5.32 Å². The Kier molecular flexibility index (Phi) is 5.55. The summed E-state index contributed by atoms with van der Waals surface area (Å²) in [5.41, 5.74) is 1.63. The van der Waals surface area contributed by atoms with Crippen molar-refractivity contribution >= 4 is 29.1 Å². The normalized spacial score (nSPS) is 10.1. The molecule has 0 aliphatic rings. The summed E-state index contributed by atoms with van der Waals surface area (Å²) in [6.45, 7) is 1.87. The highest BCUT2D eigenvalue weighted by atomic mass is 35.5. The summed E-state index contributed by atoms with van der Waals surface area (Å²) < 4.78 is 0. The smallest absolute Gasteiger partial charge is 0.244 e. The first kappa shape index (κ1) is 16.0. The molecule has 2 aromatic carbocycles. The first-order valence-corrected chi connectivity index (χ1v) is 7.27. The second-order valence-corrected chi connectivity index (χ2v) is 5.35. The molecule has 0 aliphatic heterocycles. The lowest BCUT2D eigenvalue weighted by Gasteiger charge is -2.20.